The van der Waals surface area contributed by atoms with Crippen molar-refractivity contribution in [2.24, 2.45) is 0 Å². The van der Waals surface area contributed by atoms with Gasteiger partial charge in [0.1, 0.15) is 11.2 Å². The molecule has 8 aromatic rings. The van der Waals surface area contributed by atoms with Crippen molar-refractivity contribution in [2.75, 3.05) is 0 Å². The zero-order valence-corrected chi connectivity index (χ0v) is 24.0. The maximum Gasteiger partial charge on any atom is 0.160 e. The molecule has 2 aromatic heterocycles. The van der Waals surface area contributed by atoms with Gasteiger partial charge in [0, 0.05) is 32.8 Å². The molecule has 0 saturated carbocycles. The summed E-state index contributed by atoms with van der Waals surface area (Å²) in [6, 6.07) is 41.2. The summed E-state index contributed by atoms with van der Waals surface area (Å²) in [5.41, 5.74) is 9.63. The van der Waals surface area contributed by atoms with Crippen molar-refractivity contribution < 1.29 is 4.42 Å². The maximum absolute atomic E-state index is 8.61. The van der Waals surface area contributed by atoms with Crippen LogP contribution >= 0.6 is 0 Å². The minimum absolute atomic E-state index is 0.228. The first kappa shape index (κ1) is 25.3. The van der Waals surface area contributed by atoms with Gasteiger partial charge in [-0.3, -0.25) is 10.8 Å². The summed E-state index contributed by atoms with van der Waals surface area (Å²) in [6.07, 6.45) is 3.61. The lowest BCUT2D eigenvalue weighted by Gasteiger charge is -2.16. The van der Waals surface area contributed by atoms with Crippen LogP contribution < -0.4 is 0 Å². The summed E-state index contributed by atoms with van der Waals surface area (Å²) in [7, 11) is 0. The zero-order valence-electron chi connectivity index (χ0n) is 24.0. The highest BCUT2D eigenvalue weighted by atomic mass is 16.3. The molecule has 0 spiro atoms. The summed E-state index contributed by atoms with van der Waals surface area (Å²) in [5.74, 6) is 0.647. The molecule has 2 heterocycles. The topological polar surface area (TPSA) is 86.6 Å². The lowest BCUT2D eigenvalue weighted by atomic mass is 9.88. The molecule has 5 nitrogen and oxygen atoms in total. The fraction of sp³-hybridized carbons (Fsp3) is 0. The van der Waals surface area contributed by atoms with Gasteiger partial charge in [0.05, 0.1) is 22.6 Å². The van der Waals surface area contributed by atoms with E-state index in [2.05, 4.69) is 66.7 Å². The number of rotatable bonds is 3. The third-order valence-corrected chi connectivity index (χ3v) is 8.71. The van der Waals surface area contributed by atoms with Crippen LogP contribution in [0, 0.1) is 10.8 Å². The van der Waals surface area contributed by atoms with Crippen molar-refractivity contribution in [1.82, 2.24) is 9.97 Å². The molecular formula is C40H24N4O. The van der Waals surface area contributed by atoms with E-state index in [1.54, 1.807) is 6.08 Å². The van der Waals surface area contributed by atoms with Crippen LogP contribution in [0.4, 0.5) is 0 Å². The summed E-state index contributed by atoms with van der Waals surface area (Å²) in [6.45, 7) is 0. The fourth-order valence-electron chi connectivity index (χ4n) is 6.46. The lowest BCUT2D eigenvalue weighted by Crippen LogP contribution is -2.16. The maximum atomic E-state index is 8.61. The van der Waals surface area contributed by atoms with Crippen LogP contribution in [0.5, 0.6) is 0 Å². The Morgan fingerprint density at radius 2 is 1.27 bits per heavy atom. The zero-order chi connectivity index (χ0) is 30.1. The van der Waals surface area contributed by atoms with Gasteiger partial charge in [0.15, 0.2) is 5.82 Å². The Hall–Kier alpha value is -6.20. The minimum atomic E-state index is 0.228. The summed E-state index contributed by atoms with van der Waals surface area (Å²) in [5, 5.41) is 22.0. The van der Waals surface area contributed by atoms with E-state index in [0.717, 1.165) is 82.7 Å². The van der Waals surface area contributed by atoms with E-state index in [9.17, 15) is 0 Å². The van der Waals surface area contributed by atoms with Crippen molar-refractivity contribution >= 4 is 61.1 Å². The van der Waals surface area contributed by atoms with Gasteiger partial charge in [0.25, 0.3) is 0 Å². The molecule has 2 N–H and O–H groups in total. The fourth-order valence-corrected chi connectivity index (χ4v) is 6.46. The van der Waals surface area contributed by atoms with E-state index in [4.69, 9.17) is 25.2 Å². The molecular weight excluding hydrogens is 552 g/mol. The molecule has 6 aromatic carbocycles. The van der Waals surface area contributed by atoms with Crippen molar-refractivity contribution in [2.45, 2.75) is 0 Å². The standard InChI is InChI=1S/C40H24N4O/c41-33-19-17-24-14-12-23-13-15-26(21-32(23)37(24)38(33)42)25-6-5-7-28(20-25)40-43-34-10-3-1-9-31(34)39(44-40)27-16-18-30-29-8-2-4-11-35(29)45-36(30)22-27/h1-22,41-42H. The second-order valence-corrected chi connectivity index (χ2v) is 11.4. The first-order valence-electron chi connectivity index (χ1n) is 14.8. The Morgan fingerprint density at radius 1 is 0.511 bits per heavy atom. The molecule has 0 bridgehead atoms. The predicted octanol–water partition coefficient (Wildman–Crippen LogP) is 10.1. The molecule has 45 heavy (non-hydrogen) atoms. The summed E-state index contributed by atoms with van der Waals surface area (Å²) < 4.78 is 6.21. The number of fused-ring (bicyclic) bond motifs is 7. The molecule has 9 rings (SSSR count). The smallest absolute Gasteiger partial charge is 0.160 e. The van der Waals surface area contributed by atoms with Gasteiger partial charge in [-0.2, -0.15) is 0 Å². The quantitative estimate of drug-likeness (QED) is 0.219. The molecule has 0 fully saturated rings. The van der Waals surface area contributed by atoms with Crippen LogP contribution in [0.25, 0.3) is 83.5 Å². The van der Waals surface area contributed by atoms with E-state index in [1.807, 2.05) is 60.7 Å². The number of furan rings is 1. The number of para-hydroxylation sites is 2. The number of nitrogens with zero attached hydrogens (tertiary/aromatic N) is 2. The molecule has 0 aliphatic heterocycles. The normalized spacial score (nSPS) is 12.9. The Morgan fingerprint density at radius 3 is 2.20 bits per heavy atom. The van der Waals surface area contributed by atoms with Crippen LogP contribution in [-0.4, -0.2) is 21.4 Å². The van der Waals surface area contributed by atoms with Crippen LogP contribution in [0.2, 0.25) is 0 Å². The van der Waals surface area contributed by atoms with Crippen LogP contribution in [0.3, 0.4) is 0 Å². The largest absolute Gasteiger partial charge is 0.456 e. The third kappa shape index (κ3) is 4.02. The Bertz CT molecular complexity index is 2590. The molecule has 210 valence electrons. The highest BCUT2D eigenvalue weighted by Crippen LogP contribution is 2.36. The van der Waals surface area contributed by atoms with Crippen molar-refractivity contribution in [3.8, 4) is 33.8 Å². The molecule has 0 saturated heterocycles. The molecule has 1 aliphatic rings. The number of benzene rings is 6. The summed E-state index contributed by atoms with van der Waals surface area (Å²) >= 11 is 0. The first-order chi connectivity index (χ1) is 22.1. The van der Waals surface area contributed by atoms with Gasteiger partial charge in [0.2, 0.25) is 0 Å². The van der Waals surface area contributed by atoms with Crippen LogP contribution in [0.1, 0.15) is 11.1 Å². The molecule has 1 aliphatic carbocycles. The average Bonchev–Trinajstić information content (AvgIpc) is 3.47. The first-order valence-corrected chi connectivity index (χ1v) is 14.8. The number of hydrogen-bond donors (Lipinski definition) is 2. The molecule has 0 atom stereocenters. The van der Waals surface area contributed by atoms with E-state index >= 15 is 0 Å². The number of allylic oxidation sites excluding steroid dienone is 1. The molecule has 0 unspecified atom stereocenters. The van der Waals surface area contributed by atoms with E-state index in [1.165, 1.54) is 0 Å². The number of aromatic nitrogens is 2. The Balaban J connectivity index is 1.18. The van der Waals surface area contributed by atoms with Gasteiger partial charge >= 0.3 is 0 Å². The van der Waals surface area contributed by atoms with Gasteiger partial charge in [-0.1, -0.05) is 91.0 Å². The van der Waals surface area contributed by atoms with E-state index < -0.39 is 0 Å². The number of hydrogen-bond acceptors (Lipinski definition) is 5. The van der Waals surface area contributed by atoms with Gasteiger partial charge < -0.3 is 4.42 Å². The number of nitrogens with one attached hydrogen (secondary N) is 2. The van der Waals surface area contributed by atoms with Gasteiger partial charge in [-0.15, -0.1) is 0 Å². The second-order valence-electron chi connectivity index (χ2n) is 11.4. The highest BCUT2D eigenvalue weighted by molar-refractivity contribution is 6.53. The van der Waals surface area contributed by atoms with Crippen LogP contribution in [-0.2, 0) is 0 Å². The predicted molar refractivity (Wildman–Crippen MR) is 184 cm³/mol. The van der Waals surface area contributed by atoms with Gasteiger partial charge in [-0.25, -0.2) is 9.97 Å². The average molecular weight is 577 g/mol. The van der Waals surface area contributed by atoms with Crippen molar-refractivity contribution in [3.05, 3.63) is 139 Å². The van der Waals surface area contributed by atoms with Gasteiger partial charge in [-0.05, 0) is 69.9 Å². The highest BCUT2D eigenvalue weighted by Gasteiger charge is 2.19. The Labute approximate surface area is 258 Å². The summed E-state index contributed by atoms with van der Waals surface area (Å²) in [4.78, 5) is 10.1. The van der Waals surface area contributed by atoms with E-state index in [-0.39, 0.29) is 11.4 Å². The second kappa shape index (κ2) is 9.66. The third-order valence-electron chi connectivity index (χ3n) is 8.71. The lowest BCUT2D eigenvalue weighted by molar-refractivity contribution is 0.669. The monoisotopic (exact) mass is 576 g/mol. The molecule has 0 amide bonds. The van der Waals surface area contributed by atoms with Crippen molar-refractivity contribution in [1.29, 1.82) is 10.8 Å². The van der Waals surface area contributed by atoms with Crippen LogP contribution in [0.15, 0.2) is 132 Å². The molecule has 0 radical (unpaired) electrons. The van der Waals surface area contributed by atoms with Crippen molar-refractivity contribution in [3.63, 3.8) is 0 Å². The van der Waals surface area contributed by atoms with E-state index in [0.29, 0.717) is 5.82 Å². The minimum Gasteiger partial charge on any atom is -0.456 e. The molecule has 5 heteroatoms. The SMILES string of the molecule is N=C1C=Cc2ccc3ccc(-c4cccc(-c5nc(-c6ccc7c(c6)oc6ccccc67)c6ccccc6n5)c4)cc3c2C1=N. The Kier molecular flexibility index (Phi) is 5.43.